The molecule has 20 heavy (non-hydrogen) atoms. The number of esters is 1. The highest BCUT2D eigenvalue weighted by Gasteiger charge is 2.12. The van der Waals surface area contributed by atoms with Gasteiger partial charge in [0, 0.05) is 21.5 Å². The summed E-state index contributed by atoms with van der Waals surface area (Å²) in [7, 11) is 0. The van der Waals surface area contributed by atoms with E-state index in [1.54, 1.807) is 0 Å². The van der Waals surface area contributed by atoms with Gasteiger partial charge in [-0.25, -0.2) is 0 Å². The van der Waals surface area contributed by atoms with Crippen LogP contribution in [0.2, 0.25) is 0 Å². The second-order valence-electron chi connectivity index (χ2n) is 5.45. The Morgan fingerprint density at radius 2 is 2.10 bits per heavy atom. The number of nitrogens with one attached hydrogen (secondary N) is 1. The van der Waals surface area contributed by atoms with Crippen molar-refractivity contribution in [3.63, 3.8) is 0 Å². The first-order valence-corrected chi connectivity index (χ1v) is 8.41. The Hall–Kier alpha value is -0.520. The first kappa shape index (κ1) is 17.5. The molecule has 1 aromatic carbocycles. The maximum absolute atomic E-state index is 11.4. The Bertz CT molecular complexity index is 458. The molecule has 0 atom stereocenters. The normalized spacial score (nSPS) is 11.4. The molecule has 0 aromatic heterocycles. The van der Waals surface area contributed by atoms with Crippen LogP contribution in [0, 0.1) is 0 Å². The van der Waals surface area contributed by atoms with Gasteiger partial charge >= 0.3 is 5.97 Å². The summed E-state index contributed by atoms with van der Waals surface area (Å²) in [5.74, 6) is 0.174. The minimum atomic E-state index is -0.171. The molecular formula is C15H22BrNO2S. The van der Waals surface area contributed by atoms with Crippen molar-refractivity contribution in [2.75, 3.05) is 12.4 Å². The Morgan fingerprint density at radius 1 is 1.40 bits per heavy atom. The minimum Gasteiger partial charge on any atom is -0.465 e. The fourth-order valence-electron chi connectivity index (χ4n) is 1.53. The van der Waals surface area contributed by atoms with Crippen molar-refractivity contribution in [3.05, 3.63) is 28.2 Å². The number of rotatable bonds is 6. The van der Waals surface area contributed by atoms with Gasteiger partial charge in [-0.3, -0.25) is 4.79 Å². The maximum Gasteiger partial charge on any atom is 0.316 e. The molecule has 0 aliphatic rings. The van der Waals surface area contributed by atoms with E-state index >= 15 is 0 Å². The van der Waals surface area contributed by atoms with Crippen LogP contribution in [0.5, 0.6) is 0 Å². The van der Waals surface area contributed by atoms with Crippen LogP contribution in [0.1, 0.15) is 33.3 Å². The molecule has 3 nitrogen and oxygen atoms in total. The molecule has 0 radical (unpaired) electrons. The Morgan fingerprint density at radius 3 is 2.70 bits per heavy atom. The first-order chi connectivity index (χ1) is 9.31. The third-order valence-corrected chi connectivity index (χ3v) is 4.07. The van der Waals surface area contributed by atoms with E-state index in [-0.39, 0.29) is 11.5 Å². The molecule has 0 heterocycles. The molecule has 1 aromatic rings. The standard InChI is InChI=1S/C15H22BrNO2S/c1-5-19-14(18)10-20-13-7-6-12(16)8-11(13)9-17-15(2,3)4/h6-8,17H,5,9-10H2,1-4H3. The zero-order valence-corrected chi connectivity index (χ0v) is 14.9. The highest BCUT2D eigenvalue weighted by atomic mass is 79.9. The summed E-state index contributed by atoms with van der Waals surface area (Å²) in [5, 5.41) is 3.47. The van der Waals surface area contributed by atoms with Crippen LogP contribution < -0.4 is 5.32 Å². The van der Waals surface area contributed by atoms with Crippen molar-refractivity contribution < 1.29 is 9.53 Å². The van der Waals surface area contributed by atoms with Crippen LogP contribution >= 0.6 is 27.7 Å². The molecular weight excluding hydrogens is 338 g/mol. The van der Waals surface area contributed by atoms with E-state index in [0.717, 1.165) is 15.9 Å². The van der Waals surface area contributed by atoms with Crippen molar-refractivity contribution >= 4 is 33.7 Å². The van der Waals surface area contributed by atoms with E-state index in [2.05, 4.69) is 48.1 Å². The summed E-state index contributed by atoms with van der Waals surface area (Å²) < 4.78 is 6.00. The first-order valence-electron chi connectivity index (χ1n) is 6.63. The molecule has 112 valence electrons. The van der Waals surface area contributed by atoms with Gasteiger partial charge in [0.1, 0.15) is 0 Å². The third kappa shape index (κ3) is 6.77. The smallest absolute Gasteiger partial charge is 0.316 e. The molecule has 0 spiro atoms. The molecule has 0 amide bonds. The average Bonchev–Trinajstić information content (AvgIpc) is 2.34. The lowest BCUT2D eigenvalue weighted by atomic mass is 10.1. The monoisotopic (exact) mass is 359 g/mol. The lowest BCUT2D eigenvalue weighted by Crippen LogP contribution is -2.35. The topological polar surface area (TPSA) is 38.3 Å². The molecule has 0 bridgehead atoms. The van der Waals surface area contributed by atoms with Gasteiger partial charge in [-0.1, -0.05) is 15.9 Å². The van der Waals surface area contributed by atoms with Gasteiger partial charge in [0.25, 0.3) is 0 Å². The number of halogens is 1. The minimum absolute atomic E-state index is 0.0609. The lowest BCUT2D eigenvalue weighted by molar-refractivity contribution is -0.139. The quantitative estimate of drug-likeness (QED) is 0.615. The third-order valence-electron chi connectivity index (χ3n) is 2.48. The van der Waals surface area contributed by atoms with Crippen molar-refractivity contribution in [1.29, 1.82) is 0 Å². The summed E-state index contributed by atoms with van der Waals surface area (Å²) in [5.41, 5.74) is 1.24. The van der Waals surface area contributed by atoms with Crippen molar-refractivity contribution in [3.8, 4) is 0 Å². The highest BCUT2D eigenvalue weighted by Crippen LogP contribution is 2.26. The van der Waals surface area contributed by atoms with Gasteiger partial charge in [0.15, 0.2) is 0 Å². The van der Waals surface area contributed by atoms with Crippen LogP contribution in [-0.4, -0.2) is 23.9 Å². The Balaban J connectivity index is 2.72. The molecule has 0 saturated heterocycles. The summed E-state index contributed by atoms with van der Waals surface area (Å²) in [6.45, 7) is 9.43. The summed E-state index contributed by atoms with van der Waals surface area (Å²) in [6, 6.07) is 6.12. The van der Waals surface area contributed by atoms with Crippen molar-refractivity contribution in [2.45, 2.75) is 44.7 Å². The zero-order valence-electron chi connectivity index (χ0n) is 12.5. The molecule has 1 rings (SSSR count). The average molecular weight is 360 g/mol. The predicted molar refractivity (Wildman–Crippen MR) is 88.1 cm³/mol. The number of hydrogen-bond acceptors (Lipinski definition) is 4. The van der Waals surface area contributed by atoms with E-state index in [9.17, 15) is 4.79 Å². The van der Waals surface area contributed by atoms with Crippen molar-refractivity contribution in [1.82, 2.24) is 5.32 Å². The second-order valence-corrected chi connectivity index (χ2v) is 7.38. The summed E-state index contributed by atoms with van der Waals surface area (Å²) in [6.07, 6.45) is 0. The number of carbonyl (C=O) groups excluding carboxylic acids is 1. The van der Waals surface area contributed by atoms with Crippen LogP contribution in [0.25, 0.3) is 0 Å². The fourth-order valence-corrected chi connectivity index (χ4v) is 2.77. The largest absolute Gasteiger partial charge is 0.465 e. The maximum atomic E-state index is 11.4. The van der Waals surface area contributed by atoms with Crippen LogP contribution in [-0.2, 0) is 16.1 Å². The molecule has 0 aliphatic carbocycles. The number of hydrogen-bond donors (Lipinski definition) is 1. The highest BCUT2D eigenvalue weighted by molar-refractivity contribution is 9.10. The number of carbonyl (C=O) groups is 1. The SMILES string of the molecule is CCOC(=O)CSc1ccc(Br)cc1CNC(C)(C)C. The van der Waals surface area contributed by atoms with Gasteiger partial charge in [-0.15, -0.1) is 11.8 Å². The van der Waals surface area contributed by atoms with E-state index < -0.39 is 0 Å². The fraction of sp³-hybridized carbons (Fsp3) is 0.533. The van der Waals surface area contributed by atoms with E-state index in [0.29, 0.717) is 12.4 Å². The molecule has 1 N–H and O–H groups in total. The van der Waals surface area contributed by atoms with Gasteiger partial charge in [0.05, 0.1) is 12.4 Å². The van der Waals surface area contributed by atoms with E-state index in [4.69, 9.17) is 4.74 Å². The van der Waals surface area contributed by atoms with Crippen molar-refractivity contribution in [2.24, 2.45) is 0 Å². The van der Waals surface area contributed by atoms with E-state index in [1.807, 2.05) is 19.1 Å². The Kier molecular flexibility index (Phi) is 7.06. The van der Waals surface area contributed by atoms with Crippen LogP contribution in [0.15, 0.2) is 27.6 Å². The molecule has 0 fully saturated rings. The summed E-state index contributed by atoms with van der Waals surface area (Å²) in [4.78, 5) is 12.6. The van der Waals surface area contributed by atoms with Gasteiger partial charge in [-0.2, -0.15) is 0 Å². The summed E-state index contributed by atoms with van der Waals surface area (Å²) >= 11 is 5.01. The van der Waals surface area contributed by atoms with Gasteiger partial charge in [0.2, 0.25) is 0 Å². The predicted octanol–water partition coefficient (Wildman–Crippen LogP) is 3.99. The molecule has 0 unspecified atom stereocenters. The van der Waals surface area contributed by atoms with Crippen LogP contribution in [0.4, 0.5) is 0 Å². The number of ether oxygens (including phenoxy) is 1. The van der Waals surface area contributed by atoms with Crippen LogP contribution in [0.3, 0.4) is 0 Å². The van der Waals surface area contributed by atoms with Gasteiger partial charge < -0.3 is 10.1 Å². The number of benzene rings is 1. The second kappa shape index (κ2) is 8.05. The lowest BCUT2D eigenvalue weighted by Gasteiger charge is -2.21. The van der Waals surface area contributed by atoms with E-state index in [1.165, 1.54) is 17.3 Å². The Labute approximate surface area is 134 Å². The molecule has 0 aliphatic heterocycles. The molecule has 0 saturated carbocycles. The molecule has 5 heteroatoms. The number of thioether (sulfide) groups is 1. The zero-order chi connectivity index (χ0) is 15.2. The van der Waals surface area contributed by atoms with Gasteiger partial charge in [-0.05, 0) is 51.5 Å².